The molecule has 2 aromatic carbocycles. The second kappa shape index (κ2) is 7.44. The van der Waals surface area contributed by atoms with E-state index in [0.29, 0.717) is 0 Å². The number of halogens is 4. The third kappa shape index (κ3) is 4.14. The lowest BCUT2D eigenvalue weighted by atomic mass is 10.1. The van der Waals surface area contributed by atoms with E-state index >= 15 is 0 Å². The first-order valence-corrected chi connectivity index (χ1v) is 8.43. The van der Waals surface area contributed by atoms with Gasteiger partial charge in [-0.1, -0.05) is 54.1 Å². The Morgan fingerprint density at radius 1 is 1.11 bits per heavy atom. The highest BCUT2D eigenvalue weighted by molar-refractivity contribution is 6.32. The third-order valence-electron chi connectivity index (χ3n) is 3.96. The van der Waals surface area contributed by atoms with Gasteiger partial charge in [0.25, 0.3) is 5.91 Å². The molecule has 0 saturated heterocycles. The van der Waals surface area contributed by atoms with Crippen LogP contribution in [0, 0.1) is 0 Å². The summed E-state index contributed by atoms with van der Waals surface area (Å²) in [5.74, 6) is -0.686. The lowest BCUT2D eigenvalue weighted by Gasteiger charge is -2.15. The quantitative estimate of drug-likeness (QED) is 0.675. The molecule has 0 fully saturated rings. The van der Waals surface area contributed by atoms with Crippen molar-refractivity contribution < 1.29 is 18.0 Å². The number of hydrogen-bond donors (Lipinski definition) is 1. The van der Waals surface area contributed by atoms with Gasteiger partial charge in [-0.25, -0.2) is 4.68 Å². The Morgan fingerprint density at radius 3 is 2.37 bits per heavy atom. The maximum atomic E-state index is 13.1. The van der Waals surface area contributed by atoms with E-state index in [4.69, 9.17) is 11.6 Å². The molecule has 4 nitrogen and oxygen atoms in total. The van der Waals surface area contributed by atoms with Gasteiger partial charge < -0.3 is 5.32 Å². The van der Waals surface area contributed by atoms with Crippen LogP contribution in [0.25, 0.3) is 5.69 Å². The van der Waals surface area contributed by atoms with Crippen molar-refractivity contribution in [3.8, 4) is 5.69 Å². The van der Waals surface area contributed by atoms with Crippen LogP contribution in [-0.4, -0.2) is 15.7 Å². The Morgan fingerprint density at radius 2 is 1.74 bits per heavy atom. The molecular formula is C19H15ClF3N3O. The molecular weight excluding hydrogens is 379 g/mol. The fraction of sp³-hybridized carbons (Fsp3) is 0.158. The van der Waals surface area contributed by atoms with E-state index in [1.165, 1.54) is 12.1 Å². The molecule has 0 bridgehead atoms. The Balaban J connectivity index is 1.99. The van der Waals surface area contributed by atoms with Crippen molar-refractivity contribution in [2.75, 3.05) is 0 Å². The predicted octanol–water partition coefficient (Wildman–Crippen LogP) is 5.04. The molecule has 140 valence electrons. The number of alkyl halides is 3. The molecule has 1 aromatic heterocycles. The fourth-order valence-corrected chi connectivity index (χ4v) is 2.80. The van der Waals surface area contributed by atoms with E-state index in [1.807, 2.05) is 30.3 Å². The van der Waals surface area contributed by atoms with Crippen LogP contribution < -0.4 is 5.32 Å². The molecule has 0 saturated carbocycles. The van der Waals surface area contributed by atoms with Gasteiger partial charge in [0.2, 0.25) is 0 Å². The lowest BCUT2D eigenvalue weighted by molar-refractivity contribution is -0.141. The summed E-state index contributed by atoms with van der Waals surface area (Å²) < 4.78 is 40.4. The number of nitrogens with one attached hydrogen (secondary N) is 1. The average molecular weight is 394 g/mol. The summed E-state index contributed by atoms with van der Waals surface area (Å²) in [7, 11) is 0. The van der Waals surface area contributed by atoms with E-state index < -0.39 is 23.8 Å². The number of hydrogen-bond acceptors (Lipinski definition) is 2. The maximum Gasteiger partial charge on any atom is 0.435 e. The van der Waals surface area contributed by atoms with Crippen LogP contribution in [-0.2, 0) is 6.18 Å². The van der Waals surface area contributed by atoms with Crippen molar-refractivity contribution in [2.24, 2.45) is 0 Å². The van der Waals surface area contributed by atoms with Crippen molar-refractivity contribution in [1.82, 2.24) is 15.1 Å². The van der Waals surface area contributed by atoms with E-state index in [0.717, 1.165) is 16.3 Å². The summed E-state index contributed by atoms with van der Waals surface area (Å²) in [5, 5.41) is 6.44. The lowest BCUT2D eigenvalue weighted by Crippen LogP contribution is -2.28. The Hall–Kier alpha value is -2.80. The minimum atomic E-state index is -4.69. The normalized spacial score (nSPS) is 12.6. The summed E-state index contributed by atoms with van der Waals surface area (Å²) in [6.45, 7) is 1.74. The van der Waals surface area contributed by atoms with Gasteiger partial charge in [-0.3, -0.25) is 4.79 Å². The zero-order chi connectivity index (χ0) is 19.6. The molecule has 3 rings (SSSR count). The molecule has 8 heteroatoms. The van der Waals surface area contributed by atoms with Crippen molar-refractivity contribution in [1.29, 1.82) is 0 Å². The molecule has 0 aliphatic rings. The number of carbonyl (C=O) groups is 1. The van der Waals surface area contributed by atoms with Gasteiger partial charge in [-0.15, -0.1) is 0 Å². The standard InChI is InChI=1S/C19H15ClF3N3O/c1-12(13-7-3-2-4-8-13)24-18(27)16-11-17(19(21,22)23)25-26(16)15-10-6-5-9-14(15)20/h2-12H,1H3,(H,24,27)/t12-/m0/s1. The monoisotopic (exact) mass is 393 g/mol. The minimum absolute atomic E-state index is 0.180. The second-order valence-corrected chi connectivity index (χ2v) is 6.29. The summed E-state index contributed by atoms with van der Waals surface area (Å²) in [5.41, 5.74) is -0.406. The van der Waals surface area contributed by atoms with Gasteiger partial charge >= 0.3 is 6.18 Å². The molecule has 0 spiro atoms. The first kappa shape index (κ1) is 19.0. The first-order valence-electron chi connectivity index (χ1n) is 8.05. The number of para-hydroxylation sites is 1. The van der Waals surface area contributed by atoms with Gasteiger partial charge in [-0.2, -0.15) is 18.3 Å². The highest BCUT2D eigenvalue weighted by Crippen LogP contribution is 2.31. The van der Waals surface area contributed by atoms with Crippen LogP contribution in [0.3, 0.4) is 0 Å². The smallest absolute Gasteiger partial charge is 0.344 e. The van der Waals surface area contributed by atoms with Crippen molar-refractivity contribution in [3.63, 3.8) is 0 Å². The van der Waals surface area contributed by atoms with Crippen molar-refractivity contribution in [3.05, 3.63) is 82.6 Å². The summed E-state index contributed by atoms with van der Waals surface area (Å²) in [4.78, 5) is 12.7. The molecule has 1 amide bonds. The number of nitrogens with zero attached hydrogens (tertiary/aromatic N) is 2. The Kier molecular flexibility index (Phi) is 5.23. The molecule has 0 aliphatic carbocycles. The fourth-order valence-electron chi connectivity index (χ4n) is 2.58. The number of rotatable bonds is 4. The Labute approximate surface area is 158 Å². The molecule has 1 N–H and O–H groups in total. The molecule has 0 radical (unpaired) electrons. The van der Waals surface area contributed by atoms with Crippen LogP contribution in [0.2, 0.25) is 5.02 Å². The van der Waals surface area contributed by atoms with E-state index in [-0.39, 0.29) is 16.4 Å². The van der Waals surface area contributed by atoms with Crippen LogP contribution in [0.1, 0.15) is 34.7 Å². The Bertz CT molecular complexity index is 954. The molecule has 27 heavy (non-hydrogen) atoms. The van der Waals surface area contributed by atoms with Crippen LogP contribution in [0.15, 0.2) is 60.7 Å². The van der Waals surface area contributed by atoms with Crippen molar-refractivity contribution >= 4 is 17.5 Å². The number of benzene rings is 2. The van der Waals surface area contributed by atoms with Gasteiger partial charge in [0.05, 0.1) is 16.8 Å². The summed E-state index contributed by atoms with van der Waals surface area (Å²) >= 11 is 6.09. The number of aromatic nitrogens is 2. The average Bonchev–Trinajstić information content (AvgIpc) is 3.08. The van der Waals surface area contributed by atoms with Crippen molar-refractivity contribution in [2.45, 2.75) is 19.1 Å². The zero-order valence-corrected chi connectivity index (χ0v) is 14.9. The largest absolute Gasteiger partial charge is 0.435 e. The number of carbonyl (C=O) groups excluding carboxylic acids is 1. The summed E-state index contributed by atoms with van der Waals surface area (Å²) in [6, 6.07) is 15.7. The minimum Gasteiger partial charge on any atom is -0.344 e. The molecule has 0 unspecified atom stereocenters. The number of amides is 1. The molecule has 0 aliphatic heterocycles. The SMILES string of the molecule is C[C@H](NC(=O)c1cc(C(F)(F)F)nn1-c1ccccc1Cl)c1ccccc1. The predicted molar refractivity (Wildman–Crippen MR) is 95.9 cm³/mol. The second-order valence-electron chi connectivity index (χ2n) is 5.88. The van der Waals surface area contributed by atoms with Gasteiger partial charge in [0.1, 0.15) is 5.69 Å². The zero-order valence-electron chi connectivity index (χ0n) is 14.2. The van der Waals surface area contributed by atoms with Crippen LogP contribution in [0.5, 0.6) is 0 Å². The van der Waals surface area contributed by atoms with Gasteiger partial charge in [0, 0.05) is 6.07 Å². The topological polar surface area (TPSA) is 46.9 Å². The molecule has 1 atom stereocenters. The van der Waals surface area contributed by atoms with E-state index in [9.17, 15) is 18.0 Å². The van der Waals surface area contributed by atoms with E-state index in [2.05, 4.69) is 10.4 Å². The van der Waals surface area contributed by atoms with Gasteiger partial charge in [-0.05, 0) is 24.6 Å². The highest BCUT2D eigenvalue weighted by Gasteiger charge is 2.36. The third-order valence-corrected chi connectivity index (χ3v) is 4.28. The van der Waals surface area contributed by atoms with E-state index in [1.54, 1.807) is 19.1 Å². The van der Waals surface area contributed by atoms with Crippen LogP contribution >= 0.6 is 11.6 Å². The maximum absolute atomic E-state index is 13.1. The highest BCUT2D eigenvalue weighted by atomic mass is 35.5. The summed E-state index contributed by atoms with van der Waals surface area (Å²) in [6.07, 6.45) is -4.69. The molecule has 3 aromatic rings. The first-order chi connectivity index (χ1) is 12.8. The van der Waals surface area contributed by atoms with Crippen LogP contribution in [0.4, 0.5) is 13.2 Å². The molecule has 1 heterocycles. The van der Waals surface area contributed by atoms with Gasteiger partial charge in [0.15, 0.2) is 5.69 Å².